The maximum atomic E-state index is 9.52. The first-order valence-corrected chi connectivity index (χ1v) is 8.60. The minimum Gasteiger partial charge on any atom is -0.508 e. The number of phenols is 1. The van der Waals surface area contributed by atoms with Gasteiger partial charge in [0.2, 0.25) is 0 Å². The largest absolute Gasteiger partial charge is 0.508 e. The van der Waals surface area contributed by atoms with Gasteiger partial charge in [-0.15, -0.1) is 0 Å². The van der Waals surface area contributed by atoms with Crippen molar-refractivity contribution >= 4 is 5.96 Å². The molecule has 0 aliphatic rings. The number of nitrogens with zero attached hydrogens (tertiary/aromatic N) is 1. The minimum absolute atomic E-state index is 0.00595. The van der Waals surface area contributed by atoms with Crippen LogP contribution in [0.5, 0.6) is 11.5 Å². The van der Waals surface area contributed by atoms with Crippen molar-refractivity contribution in [3.05, 3.63) is 59.7 Å². The summed E-state index contributed by atoms with van der Waals surface area (Å²) in [5.74, 6) is 1.85. The first kappa shape index (κ1) is 18.6. The Balaban J connectivity index is 1.88. The Morgan fingerprint density at radius 1 is 1.16 bits per heavy atom. The summed E-state index contributed by atoms with van der Waals surface area (Å²) in [6.07, 6.45) is 0.00595. The topological polar surface area (TPSA) is 65.9 Å². The van der Waals surface area contributed by atoms with Crippen molar-refractivity contribution in [1.29, 1.82) is 0 Å². The smallest absolute Gasteiger partial charge is 0.191 e. The van der Waals surface area contributed by atoms with E-state index in [1.165, 1.54) is 5.56 Å². The van der Waals surface area contributed by atoms with E-state index in [4.69, 9.17) is 4.74 Å². The Hall–Kier alpha value is -2.69. The zero-order valence-corrected chi connectivity index (χ0v) is 15.1. The van der Waals surface area contributed by atoms with E-state index in [1.807, 2.05) is 57.2 Å². The highest BCUT2D eigenvalue weighted by atomic mass is 16.5. The quantitative estimate of drug-likeness (QED) is 0.534. The highest BCUT2D eigenvalue weighted by molar-refractivity contribution is 5.79. The molecule has 5 heteroatoms. The summed E-state index contributed by atoms with van der Waals surface area (Å²) < 4.78 is 5.92. The summed E-state index contributed by atoms with van der Waals surface area (Å²) >= 11 is 0. The third-order valence-corrected chi connectivity index (χ3v) is 3.56. The van der Waals surface area contributed by atoms with Gasteiger partial charge in [-0.3, -0.25) is 0 Å². The van der Waals surface area contributed by atoms with Gasteiger partial charge in [0.15, 0.2) is 5.96 Å². The molecule has 0 radical (unpaired) electrons. The number of hydrogen-bond acceptors (Lipinski definition) is 3. The van der Waals surface area contributed by atoms with E-state index >= 15 is 0 Å². The molecule has 0 saturated heterocycles. The van der Waals surface area contributed by atoms with E-state index in [2.05, 4.69) is 15.6 Å². The van der Waals surface area contributed by atoms with Crippen LogP contribution in [0, 0.1) is 6.92 Å². The second kappa shape index (κ2) is 9.57. The van der Waals surface area contributed by atoms with E-state index < -0.39 is 0 Å². The number of aryl methyl sites for hydroxylation is 1. The van der Waals surface area contributed by atoms with Crippen molar-refractivity contribution < 1.29 is 9.84 Å². The van der Waals surface area contributed by atoms with Crippen molar-refractivity contribution in [3.63, 3.8) is 0 Å². The van der Waals surface area contributed by atoms with E-state index in [-0.39, 0.29) is 11.9 Å². The normalized spacial score (nSPS) is 12.5. The summed E-state index contributed by atoms with van der Waals surface area (Å²) in [4.78, 5) is 4.55. The highest BCUT2D eigenvalue weighted by Gasteiger charge is 2.06. The molecule has 1 unspecified atom stereocenters. The van der Waals surface area contributed by atoms with Gasteiger partial charge in [0, 0.05) is 6.54 Å². The molecule has 3 N–H and O–H groups in total. The van der Waals surface area contributed by atoms with Crippen molar-refractivity contribution in [2.75, 3.05) is 13.1 Å². The van der Waals surface area contributed by atoms with Gasteiger partial charge >= 0.3 is 0 Å². The van der Waals surface area contributed by atoms with Crippen LogP contribution in [0.3, 0.4) is 0 Å². The van der Waals surface area contributed by atoms with Crippen molar-refractivity contribution in [3.8, 4) is 11.5 Å². The average Bonchev–Trinajstić information content (AvgIpc) is 2.57. The predicted molar refractivity (Wildman–Crippen MR) is 102 cm³/mol. The molecule has 2 rings (SSSR count). The van der Waals surface area contributed by atoms with Gasteiger partial charge < -0.3 is 20.5 Å². The molecule has 2 aromatic rings. The fourth-order valence-corrected chi connectivity index (χ4v) is 2.37. The zero-order chi connectivity index (χ0) is 18.1. The number of guanidine groups is 1. The Labute approximate surface area is 149 Å². The van der Waals surface area contributed by atoms with Crippen LogP contribution in [0.1, 0.15) is 25.0 Å². The van der Waals surface area contributed by atoms with E-state index in [1.54, 1.807) is 12.1 Å². The maximum absolute atomic E-state index is 9.52. The second-order valence-electron chi connectivity index (χ2n) is 5.99. The van der Waals surface area contributed by atoms with Crippen LogP contribution in [0.15, 0.2) is 53.5 Å². The lowest BCUT2D eigenvalue weighted by molar-refractivity contribution is 0.223. The highest BCUT2D eigenvalue weighted by Crippen LogP contribution is 2.14. The number of aliphatic imine (C=N–C) groups is 1. The SMILES string of the molecule is CCNC(=NCc1cccc(O)c1)NCC(C)Oc1cccc(C)c1. The van der Waals surface area contributed by atoms with Crippen LogP contribution in [0.25, 0.3) is 0 Å². The number of phenolic OH excluding ortho intramolecular Hbond substituents is 1. The molecular weight excluding hydrogens is 314 g/mol. The molecule has 134 valence electrons. The lowest BCUT2D eigenvalue weighted by Gasteiger charge is -2.18. The summed E-state index contributed by atoms with van der Waals surface area (Å²) in [5, 5.41) is 16.0. The van der Waals surface area contributed by atoms with Gasteiger partial charge in [-0.2, -0.15) is 0 Å². The standard InChI is InChI=1S/C20H27N3O2/c1-4-21-20(23-14-17-8-6-9-18(24)12-17)22-13-16(3)25-19-10-5-7-15(2)11-19/h5-12,16,24H,4,13-14H2,1-3H3,(H2,21,22,23). The predicted octanol–water partition coefficient (Wildman–Crippen LogP) is 3.22. The molecule has 0 fully saturated rings. The van der Waals surface area contributed by atoms with Crippen molar-refractivity contribution in [2.24, 2.45) is 4.99 Å². The molecule has 0 amide bonds. The average molecular weight is 341 g/mol. The Kier molecular flexibility index (Phi) is 7.14. The number of aromatic hydroxyl groups is 1. The number of benzene rings is 2. The van der Waals surface area contributed by atoms with E-state index in [9.17, 15) is 5.11 Å². The molecular formula is C20H27N3O2. The van der Waals surface area contributed by atoms with Gasteiger partial charge in [-0.25, -0.2) is 4.99 Å². The molecule has 0 heterocycles. The molecule has 25 heavy (non-hydrogen) atoms. The lowest BCUT2D eigenvalue weighted by Crippen LogP contribution is -2.41. The second-order valence-corrected chi connectivity index (χ2v) is 5.99. The molecule has 0 aromatic heterocycles. The summed E-state index contributed by atoms with van der Waals surface area (Å²) in [5.41, 5.74) is 2.14. The van der Waals surface area contributed by atoms with Gasteiger partial charge in [-0.1, -0.05) is 24.3 Å². The first-order valence-electron chi connectivity index (χ1n) is 8.60. The van der Waals surface area contributed by atoms with Crippen LogP contribution < -0.4 is 15.4 Å². The Bertz CT molecular complexity index is 701. The summed E-state index contributed by atoms with van der Waals surface area (Å²) in [6.45, 7) is 8.01. The van der Waals surface area contributed by atoms with Crippen molar-refractivity contribution in [1.82, 2.24) is 10.6 Å². The monoisotopic (exact) mass is 341 g/mol. The molecule has 0 spiro atoms. The molecule has 1 atom stereocenters. The fraction of sp³-hybridized carbons (Fsp3) is 0.350. The van der Waals surface area contributed by atoms with Crippen molar-refractivity contribution in [2.45, 2.75) is 33.4 Å². The van der Waals surface area contributed by atoms with E-state index in [0.29, 0.717) is 13.1 Å². The van der Waals surface area contributed by atoms with Gasteiger partial charge in [0.1, 0.15) is 17.6 Å². The van der Waals surface area contributed by atoms with Crippen LogP contribution >= 0.6 is 0 Å². The fourth-order valence-electron chi connectivity index (χ4n) is 2.37. The number of hydrogen-bond donors (Lipinski definition) is 3. The molecule has 0 saturated carbocycles. The van der Waals surface area contributed by atoms with Gasteiger partial charge in [0.05, 0.1) is 13.1 Å². The third kappa shape index (κ3) is 6.75. The third-order valence-electron chi connectivity index (χ3n) is 3.56. The van der Waals surface area contributed by atoms with E-state index in [0.717, 1.165) is 23.8 Å². The Morgan fingerprint density at radius 2 is 1.96 bits per heavy atom. The van der Waals surface area contributed by atoms with Gasteiger partial charge in [-0.05, 0) is 56.2 Å². The van der Waals surface area contributed by atoms with Crippen LogP contribution in [0.4, 0.5) is 0 Å². The lowest BCUT2D eigenvalue weighted by atomic mass is 10.2. The summed E-state index contributed by atoms with van der Waals surface area (Å²) in [7, 11) is 0. The van der Waals surface area contributed by atoms with Crippen LogP contribution in [-0.2, 0) is 6.54 Å². The summed E-state index contributed by atoms with van der Waals surface area (Å²) in [6, 6.07) is 15.2. The Morgan fingerprint density at radius 3 is 2.68 bits per heavy atom. The zero-order valence-electron chi connectivity index (χ0n) is 15.1. The minimum atomic E-state index is 0.00595. The molecule has 0 aliphatic heterocycles. The molecule has 0 bridgehead atoms. The number of nitrogens with one attached hydrogen (secondary N) is 2. The van der Waals surface area contributed by atoms with Crippen LogP contribution in [0.2, 0.25) is 0 Å². The molecule has 0 aliphatic carbocycles. The van der Waals surface area contributed by atoms with Gasteiger partial charge in [0.25, 0.3) is 0 Å². The molecule has 5 nitrogen and oxygen atoms in total. The maximum Gasteiger partial charge on any atom is 0.191 e. The number of ether oxygens (including phenoxy) is 1. The number of rotatable bonds is 7. The van der Waals surface area contributed by atoms with Crippen LogP contribution in [-0.4, -0.2) is 30.3 Å². The first-order chi connectivity index (χ1) is 12.1. The molecule has 2 aromatic carbocycles.